The Morgan fingerprint density at radius 1 is 1.50 bits per heavy atom. The Morgan fingerprint density at radius 2 is 2.25 bits per heavy atom. The van der Waals surface area contributed by atoms with Crippen LogP contribution in [0.2, 0.25) is 0 Å². The lowest BCUT2D eigenvalue weighted by Crippen LogP contribution is -1.99. The van der Waals surface area contributed by atoms with Crippen molar-refractivity contribution in [2.45, 2.75) is 32.3 Å². The maximum atomic E-state index is 8.90. The molecule has 1 aliphatic rings. The van der Waals surface area contributed by atoms with Gasteiger partial charge in [-0.3, -0.25) is 0 Å². The minimum Gasteiger partial charge on any atom is -0.390 e. The number of aliphatic hydroxyl groups excluding tert-OH is 1. The fourth-order valence-electron chi connectivity index (χ4n) is 1.26. The average Bonchev–Trinajstić information content (AvgIpc) is 2.85. The van der Waals surface area contributed by atoms with Gasteiger partial charge in [0.25, 0.3) is 0 Å². The summed E-state index contributed by atoms with van der Waals surface area (Å²) in [5.74, 6) is 1.48. The second kappa shape index (κ2) is 2.83. The number of aromatic nitrogens is 2. The van der Waals surface area contributed by atoms with E-state index in [1.807, 2.05) is 13.0 Å². The molecule has 1 fully saturated rings. The number of hydrogen-bond acceptors (Lipinski definition) is 3. The maximum Gasteiger partial charge on any atom is 0.132 e. The molecule has 1 aromatic rings. The molecule has 0 saturated heterocycles. The Labute approximate surface area is 71.5 Å². The van der Waals surface area contributed by atoms with E-state index in [2.05, 4.69) is 9.97 Å². The molecule has 1 heterocycles. The Kier molecular flexibility index (Phi) is 1.81. The van der Waals surface area contributed by atoms with Gasteiger partial charge in [0, 0.05) is 11.6 Å². The van der Waals surface area contributed by atoms with Crippen molar-refractivity contribution in [1.82, 2.24) is 9.97 Å². The molecule has 0 spiro atoms. The first-order valence-corrected chi connectivity index (χ1v) is 4.25. The van der Waals surface area contributed by atoms with E-state index in [9.17, 15) is 0 Å². The molecule has 1 aromatic heterocycles. The van der Waals surface area contributed by atoms with E-state index in [0.29, 0.717) is 5.92 Å². The third-order valence-corrected chi connectivity index (χ3v) is 2.03. The highest BCUT2D eigenvalue weighted by atomic mass is 16.3. The van der Waals surface area contributed by atoms with Crippen molar-refractivity contribution >= 4 is 0 Å². The van der Waals surface area contributed by atoms with Crippen LogP contribution in [-0.4, -0.2) is 15.1 Å². The molecule has 1 aliphatic carbocycles. The van der Waals surface area contributed by atoms with Gasteiger partial charge in [-0.15, -0.1) is 0 Å². The summed E-state index contributed by atoms with van der Waals surface area (Å²) in [5.41, 5.74) is 1.69. The van der Waals surface area contributed by atoms with Crippen LogP contribution >= 0.6 is 0 Å². The van der Waals surface area contributed by atoms with E-state index >= 15 is 0 Å². The summed E-state index contributed by atoms with van der Waals surface area (Å²) < 4.78 is 0. The maximum absolute atomic E-state index is 8.90. The first-order chi connectivity index (χ1) is 5.79. The van der Waals surface area contributed by atoms with Gasteiger partial charge in [0.05, 0.1) is 12.3 Å². The molecule has 2 rings (SSSR count). The quantitative estimate of drug-likeness (QED) is 0.713. The van der Waals surface area contributed by atoms with Crippen LogP contribution < -0.4 is 0 Å². The van der Waals surface area contributed by atoms with Gasteiger partial charge in [0.2, 0.25) is 0 Å². The Morgan fingerprint density at radius 3 is 2.83 bits per heavy atom. The van der Waals surface area contributed by atoms with E-state index in [1.165, 1.54) is 12.8 Å². The van der Waals surface area contributed by atoms with E-state index in [4.69, 9.17) is 5.11 Å². The molecule has 0 radical (unpaired) electrons. The van der Waals surface area contributed by atoms with Crippen LogP contribution in [0.25, 0.3) is 0 Å². The van der Waals surface area contributed by atoms with Gasteiger partial charge in [0.15, 0.2) is 0 Å². The van der Waals surface area contributed by atoms with Crippen molar-refractivity contribution in [2.24, 2.45) is 0 Å². The van der Waals surface area contributed by atoms with Crippen molar-refractivity contribution in [3.63, 3.8) is 0 Å². The fraction of sp³-hybridized carbons (Fsp3) is 0.556. The van der Waals surface area contributed by atoms with Gasteiger partial charge in [-0.05, 0) is 25.8 Å². The summed E-state index contributed by atoms with van der Waals surface area (Å²) >= 11 is 0. The van der Waals surface area contributed by atoms with Crippen molar-refractivity contribution in [3.8, 4) is 0 Å². The molecule has 0 amide bonds. The van der Waals surface area contributed by atoms with Crippen LogP contribution in [0.3, 0.4) is 0 Å². The van der Waals surface area contributed by atoms with Crippen LogP contribution in [0.1, 0.15) is 36.0 Å². The molecule has 1 N–H and O–H groups in total. The van der Waals surface area contributed by atoms with Crippen molar-refractivity contribution < 1.29 is 5.11 Å². The summed E-state index contributed by atoms with van der Waals surface area (Å²) in [4.78, 5) is 8.57. The highest BCUT2D eigenvalue weighted by Gasteiger charge is 2.26. The second-order valence-corrected chi connectivity index (χ2v) is 3.29. The first kappa shape index (κ1) is 7.68. The van der Waals surface area contributed by atoms with Crippen LogP contribution in [0.4, 0.5) is 0 Å². The molecular formula is C9H12N2O. The molecule has 3 heteroatoms. The number of hydrogen-bond donors (Lipinski definition) is 1. The molecule has 0 aromatic carbocycles. The van der Waals surface area contributed by atoms with Gasteiger partial charge < -0.3 is 5.11 Å². The zero-order valence-corrected chi connectivity index (χ0v) is 7.12. The monoisotopic (exact) mass is 164 g/mol. The largest absolute Gasteiger partial charge is 0.390 e. The predicted octanol–water partition coefficient (Wildman–Crippen LogP) is 1.15. The van der Waals surface area contributed by atoms with E-state index in [0.717, 1.165) is 17.2 Å². The van der Waals surface area contributed by atoms with Crippen molar-refractivity contribution in [3.05, 3.63) is 23.3 Å². The van der Waals surface area contributed by atoms with Crippen LogP contribution in [0.5, 0.6) is 0 Å². The van der Waals surface area contributed by atoms with Gasteiger partial charge >= 0.3 is 0 Å². The predicted molar refractivity (Wildman–Crippen MR) is 44.7 cm³/mol. The van der Waals surface area contributed by atoms with Gasteiger partial charge in [-0.2, -0.15) is 0 Å². The standard InChI is InChI=1S/C9H12N2O/c1-6-4-8(5-12)11-9(10-6)7-2-3-7/h4,7,12H,2-3,5H2,1H3. The summed E-state index contributed by atoms with van der Waals surface area (Å²) in [5, 5.41) is 8.90. The summed E-state index contributed by atoms with van der Waals surface area (Å²) in [6, 6.07) is 1.83. The van der Waals surface area contributed by atoms with E-state index < -0.39 is 0 Å². The first-order valence-electron chi connectivity index (χ1n) is 4.25. The lowest BCUT2D eigenvalue weighted by atomic mass is 10.3. The topological polar surface area (TPSA) is 46.0 Å². The van der Waals surface area contributed by atoms with Crippen molar-refractivity contribution in [1.29, 1.82) is 0 Å². The van der Waals surface area contributed by atoms with Crippen LogP contribution in [-0.2, 0) is 6.61 Å². The Balaban J connectivity index is 2.34. The molecule has 12 heavy (non-hydrogen) atoms. The summed E-state index contributed by atoms with van der Waals surface area (Å²) in [6.45, 7) is 1.95. The molecule has 0 unspecified atom stereocenters. The van der Waals surface area contributed by atoms with Crippen molar-refractivity contribution in [2.75, 3.05) is 0 Å². The number of aryl methyl sites for hydroxylation is 1. The fourth-order valence-corrected chi connectivity index (χ4v) is 1.26. The molecule has 0 bridgehead atoms. The Bertz CT molecular complexity index is 295. The molecule has 1 saturated carbocycles. The van der Waals surface area contributed by atoms with E-state index in [1.54, 1.807) is 0 Å². The molecule has 0 atom stereocenters. The van der Waals surface area contributed by atoms with Crippen LogP contribution in [0.15, 0.2) is 6.07 Å². The Hall–Kier alpha value is -0.960. The lowest BCUT2D eigenvalue weighted by molar-refractivity contribution is 0.276. The third kappa shape index (κ3) is 1.46. The van der Waals surface area contributed by atoms with Gasteiger partial charge in [0.1, 0.15) is 5.82 Å². The lowest BCUT2D eigenvalue weighted by Gasteiger charge is -2.01. The number of nitrogens with zero attached hydrogens (tertiary/aromatic N) is 2. The SMILES string of the molecule is Cc1cc(CO)nc(C2CC2)n1. The summed E-state index contributed by atoms with van der Waals surface area (Å²) in [6.07, 6.45) is 2.41. The minimum atomic E-state index is 0.0169. The molecular weight excluding hydrogens is 152 g/mol. The zero-order chi connectivity index (χ0) is 8.55. The number of rotatable bonds is 2. The molecule has 64 valence electrons. The minimum absolute atomic E-state index is 0.0169. The van der Waals surface area contributed by atoms with Gasteiger partial charge in [-0.25, -0.2) is 9.97 Å². The third-order valence-electron chi connectivity index (χ3n) is 2.03. The highest BCUT2D eigenvalue weighted by molar-refractivity contribution is 5.14. The highest BCUT2D eigenvalue weighted by Crippen LogP contribution is 2.37. The van der Waals surface area contributed by atoms with E-state index in [-0.39, 0.29) is 6.61 Å². The smallest absolute Gasteiger partial charge is 0.132 e. The normalized spacial score (nSPS) is 16.5. The van der Waals surface area contributed by atoms with Gasteiger partial charge in [-0.1, -0.05) is 0 Å². The van der Waals surface area contributed by atoms with Crippen LogP contribution in [0, 0.1) is 6.92 Å². The number of aliphatic hydroxyl groups is 1. The molecule has 0 aliphatic heterocycles. The second-order valence-electron chi connectivity index (χ2n) is 3.29. The molecule has 3 nitrogen and oxygen atoms in total. The summed E-state index contributed by atoms with van der Waals surface area (Å²) in [7, 11) is 0. The zero-order valence-electron chi connectivity index (χ0n) is 7.12. The average molecular weight is 164 g/mol.